The summed E-state index contributed by atoms with van der Waals surface area (Å²) in [7, 11) is 0. The minimum atomic E-state index is -1.11. The summed E-state index contributed by atoms with van der Waals surface area (Å²) in [5, 5.41) is 8.96. The van der Waals surface area contributed by atoms with Gasteiger partial charge in [-0.25, -0.2) is 9.18 Å². The molecule has 1 aliphatic rings. The molecule has 1 N–H and O–H groups in total. The van der Waals surface area contributed by atoms with Gasteiger partial charge in [-0.2, -0.15) is 0 Å². The maximum absolute atomic E-state index is 13.6. The largest absolute Gasteiger partial charge is 0.479 e. The van der Waals surface area contributed by atoms with E-state index in [0.717, 1.165) is 0 Å². The zero-order valence-corrected chi connectivity index (χ0v) is 12.2. The van der Waals surface area contributed by atoms with E-state index in [-0.39, 0.29) is 24.8 Å². The van der Waals surface area contributed by atoms with Gasteiger partial charge in [-0.1, -0.05) is 19.1 Å². The number of morpholine rings is 1. The Hall–Kier alpha value is -2.15. The number of rotatable bonds is 5. The third-order valence-corrected chi connectivity index (χ3v) is 3.41. The SMILES string of the molecule is CC[C@@H](Oc1ccccc1F)C(=O)N1CCO[C@H](C(=O)O)C1. The number of amides is 1. The van der Waals surface area contributed by atoms with Gasteiger partial charge in [0.15, 0.2) is 23.8 Å². The Bertz CT molecular complexity index is 550. The average molecular weight is 311 g/mol. The molecule has 1 aliphatic heterocycles. The van der Waals surface area contributed by atoms with E-state index < -0.39 is 24.0 Å². The lowest BCUT2D eigenvalue weighted by molar-refractivity contribution is -0.161. The number of nitrogens with zero attached hydrogens (tertiary/aromatic N) is 1. The summed E-state index contributed by atoms with van der Waals surface area (Å²) in [6, 6.07) is 5.85. The molecule has 2 rings (SSSR count). The van der Waals surface area contributed by atoms with Gasteiger partial charge >= 0.3 is 5.97 Å². The molecule has 7 heteroatoms. The van der Waals surface area contributed by atoms with Crippen molar-refractivity contribution >= 4 is 11.9 Å². The van der Waals surface area contributed by atoms with E-state index in [1.165, 1.54) is 23.1 Å². The second kappa shape index (κ2) is 7.22. The normalized spacial score (nSPS) is 19.5. The molecular formula is C15H18FNO5. The molecule has 1 aromatic rings. The topological polar surface area (TPSA) is 76.1 Å². The predicted octanol–water partition coefficient (Wildman–Crippen LogP) is 1.30. The summed E-state index contributed by atoms with van der Waals surface area (Å²) in [5.41, 5.74) is 0. The molecule has 2 atom stereocenters. The van der Waals surface area contributed by atoms with Crippen molar-refractivity contribution in [1.82, 2.24) is 4.90 Å². The summed E-state index contributed by atoms with van der Waals surface area (Å²) in [5.74, 6) is -2.01. The van der Waals surface area contributed by atoms with Gasteiger partial charge in [-0.05, 0) is 18.6 Å². The minimum absolute atomic E-state index is 0.00532. The monoisotopic (exact) mass is 311 g/mol. The Morgan fingerprint density at radius 2 is 2.23 bits per heavy atom. The van der Waals surface area contributed by atoms with Crippen LogP contribution in [0.2, 0.25) is 0 Å². The van der Waals surface area contributed by atoms with Crippen molar-refractivity contribution in [2.75, 3.05) is 19.7 Å². The molecule has 0 aromatic heterocycles. The zero-order valence-electron chi connectivity index (χ0n) is 12.2. The van der Waals surface area contributed by atoms with Crippen LogP contribution < -0.4 is 4.74 Å². The summed E-state index contributed by atoms with van der Waals surface area (Å²) in [6.07, 6.45) is -1.55. The summed E-state index contributed by atoms with van der Waals surface area (Å²) in [4.78, 5) is 24.8. The smallest absolute Gasteiger partial charge is 0.334 e. The third kappa shape index (κ3) is 3.73. The van der Waals surface area contributed by atoms with Crippen LogP contribution in [0.5, 0.6) is 5.75 Å². The molecule has 0 saturated carbocycles. The van der Waals surface area contributed by atoms with Gasteiger partial charge in [0, 0.05) is 6.54 Å². The number of hydrogen-bond donors (Lipinski definition) is 1. The molecule has 0 unspecified atom stereocenters. The number of benzene rings is 1. The first-order chi connectivity index (χ1) is 10.5. The molecule has 1 amide bonds. The van der Waals surface area contributed by atoms with E-state index in [4.69, 9.17) is 14.6 Å². The van der Waals surface area contributed by atoms with Crippen molar-refractivity contribution in [3.05, 3.63) is 30.1 Å². The van der Waals surface area contributed by atoms with Crippen LogP contribution in [0.15, 0.2) is 24.3 Å². The van der Waals surface area contributed by atoms with Crippen LogP contribution in [-0.2, 0) is 14.3 Å². The Labute approximate surface area is 127 Å². The van der Waals surface area contributed by atoms with Crippen LogP contribution >= 0.6 is 0 Å². The Morgan fingerprint density at radius 1 is 1.50 bits per heavy atom. The number of para-hydroxylation sites is 1. The highest BCUT2D eigenvalue weighted by Crippen LogP contribution is 2.19. The van der Waals surface area contributed by atoms with Crippen LogP contribution in [0.4, 0.5) is 4.39 Å². The first-order valence-corrected chi connectivity index (χ1v) is 7.07. The standard InChI is InChI=1S/C15H18FNO5/c1-2-11(22-12-6-4-3-5-10(12)16)14(18)17-7-8-21-13(9-17)15(19)20/h3-6,11,13H,2,7-9H2,1H3,(H,19,20)/t11-,13+/m1/s1. The molecule has 0 spiro atoms. The fraction of sp³-hybridized carbons (Fsp3) is 0.467. The molecule has 1 aromatic carbocycles. The Balaban J connectivity index is 2.05. The minimum Gasteiger partial charge on any atom is -0.479 e. The molecule has 22 heavy (non-hydrogen) atoms. The maximum atomic E-state index is 13.6. The molecule has 1 fully saturated rings. The number of carbonyl (C=O) groups excluding carboxylic acids is 1. The first kappa shape index (κ1) is 16.2. The van der Waals surface area contributed by atoms with Gasteiger partial charge in [-0.15, -0.1) is 0 Å². The number of halogens is 1. The first-order valence-electron chi connectivity index (χ1n) is 7.07. The highest BCUT2D eigenvalue weighted by molar-refractivity contribution is 5.82. The fourth-order valence-electron chi connectivity index (χ4n) is 2.20. The number of carboxylic acids is 1. The molecule has 1 heterocycles. The third-order valence-electron chi connectivity index (χ3n) is 3.41. The van der Waals surface area contributed by atoms with Crippen molar-refractivity contribution in [3.8, 4) is 5.75 Å². The Morgan fingerprint density at radius 3 is 2.86 bits per heavy atom. The fourth-order valence-corrected chi connectivity index (χ4v) is 2.20. The van der Waals surface area contributed by atoms with E-state index in [1.807, 2.05) is 0 Å². The number of hydrogen-bond acceptors (Lipinski definition) is 4. The zero-order chi connectivity index (χ0) is 16.1. The summed E-state index contributed by atoms with van der Waals surface area (Å²) < 4.78 is 24.1. The van der Waals surface area contributed by atoms with E-state index in [2.05, 4.69) is 0 Å². The van der Waals surface area contributed by atoms with Crippen molar-refractivity contribution in [2.45, 2.75) is 25.6 Å². The van der Waals surface area contributed by atoms with Crippen molar-refractivity contribution in [3.63, 3.8) is 0 Å². The lowest BCUT2D eigenvalue weighted by Crippen LogP contribution is -2.52. The number of carboxylic acid groups (broad SMARTS) is 1. The molecule has 0 radical (unpaired) electrons. The van der Waals surface area contributed by atoms with Crippen molar-refractivity contribution in [1.29, 1.82) is 0 Å². The van der Waals surface area contributed by atoms with Gasteiger partial charge < -0.3 is 19.5 Å². The molecular weight excluding hydrogens is 293 g/mol. The molecule has 1 saturated heterocycles. The van der Waals surface area contributed by atoms with Crippen LogP contribution in [0.1, 0.15) is 13.3 Å². The molecule has 120 valence electrons. The summed E-state index contributed by atoms with van der Waals surface area (Å²) in [6.45, 7) is 2.16. The van der Waals surface area contributed by atoms with Crippen molar-refractivity contribution in [2.24, 2.45) is 0 Å². The predicted molar refractivity (Wildman–Crippen MR) is 75.1 cm³/mol. The number of carbonyl (C=O) groups is 2. The van der Waals surface area contributed by atoms with Crippen molar-refractivity contribution < 1.29 is 28.6 Å². The Kier molecular flexibility index (Phi) is 5.32. The highest BCUT2D eigenvalue weighted by Gasteiger charge is 2.32. The molecule has 0 bridgehead atoms. The summed E-state index contributed by atoms with van der Waals surface area (Å²) >= 11 is 0. The lowest BCUT2D eigenvalue weighted by Gasteiger charge is -2.33. The number of ether oxygens (including phenoxy) is 2. The van der Waals surface area contributed by atoms with E-state index >= 15 is 0 Å². The van der Waals surface area contributed by atoms with Crippen LogP contribution in [-0.4, -0.2) is 53.8 Å². The lowest BCUT2D eigenvalue weighted by atomic mass is 10.2. The van der Waals surface area contributed by atoms with Gasteiger partial charge in [0.05, 0.1) is 13.2 Å². The average Bonchev–Trinajstić information content (AvgIpc) is 2.53. The van der Waals surface area contributed by atoms with E-state index in [1.54, 1.807) is 13.0 Å². The van der Waals surface area contributed by atoms with Gasteiger partial charge in [0.1, 0.15) is 0 Å². The molecule has 6 nitrogen and oxygen atoms in total. The van der Waals surface area contributed by atoms with Crippen LogP contribution in [0.25, 0.3) is 0 Å². The van der Waals surface area contributed by atoms with Crippen LogP contribution in [0.3, 0.4) is 0 Å². The number of aliphatic carboxylic acids is 1. The molecule has 0 aliphatic carbocycles. The quantitative estimate of drug-likeness (QED) is 0.887. The van der Waals surface area contributed by atoms with Gasteiger partial charge in [0.25, 0.3) is 5.91 Å². The van der Waals surface area contributed by atoms with Gasteiger partial charge in [0.2, 0.25) is 0 Å². The second-order valence-corrected chi connectivity index (χ2v) is 4.93. The van der Waals surface area contributed by atoms with E-state index in [0.29, 0.717) is 13.0 Å². The van der Waals surface area contributed by atoms with Gasteiger partial charge in [-0.3, -0.25) is 4.79 Å². The van der Waals surface area contributed by atoms with E-state index in [9.17, 15) is 14.0 Å². The van der Waals surface area contributed by atoms with Crippen LogP contribution in [0, 0.1) is 5.82 Å². The highest BCUT2D eigenvalue weighted by atomic mass is 19.1. The second-order valence-electron chi connectivity index (χ2n) is 4.93. The maximum Gasteiger partial charge on any atom is 0.334 e.